The van der Waals surface area contributed by atoms with Crippen molar-refractivity contribution in [3.05, 3.63) is 45.4 Å². The Morgan fingerprint density at radius 3 is 2.79 bits per heavy atom. The van der Waals surface area contributed by atoms with E-state index in [0.29, 0.717) is 22.3 Å². The van der Waals surface area contributed by atoms with Crippen molar-refractivity contribution >= 4 is 48.1 Å². The molecule has 2 heterocycles. The van der Waals surface area contributed by atoms with Crippen molar-refractivity contribution in [3.8, 4) is 0 Å². The van der Waals surface area contributed by atoms with Gasteiger partial charge in [-0.1, -0.05) is 12.1 Å². The number of benzene rings is 1. The fourth-order valence-electron chi connectivity index (χ4n) is 1.90. The normalized spacial score (nSPS) is 11.0. The molecule has 96 valence electrons. The van der Waals surface area contributed by atoms with Gasteiger partial charge in [0.05, 0.1) is 16.0 Å². The van der Waals surface area contributed by atoms with Crippen LogP contribution in [0.3, 0.4) is 0 Å². The predicted molar refractivity (Wildman–Crippen MR) is 79.4 cm³/mol. The Balaban J connectivity index is 2.28. The lowest BCUT2D eigenvalue weighted by molar-refractivity contribution is 0.0532. The first-order valence-electron chi connectivity index (χ1n) is 5.83. The number of rotatable bonds is 2. The highest BCUT2D eigenvalue weighted by Crippen LogP contribution is 2.31. The van der Waals surface area contributed by atoms with Crippen molar-refractivity contribution in [3.63, 3.8) is 0 Å². The fourth-order valence-corrected chi connectivity index (χ4v) is 4.26. The number of ether oxygens (including phenoxy) is 1. The molecule has 1 aromatic carbocycles. The zero-order valence-corrected chi connectivity index (χ0v) is 11.8. The molecule has 0 saturated heterocycles. The van der Waals surface area contributed by atoms with E-state index in [0.717, 1.165) is 8.71 Å². The van der Waals surface area contributed by atoms with Crippen molar-refractivity contribution < 1.29 is 9.53 Å². The number of esters is 1. The number of hydrogen-bond donors (Lipinski definition) is 0. The second-order valence-electron chi connectivity index (χ2n) is 3.96. The van der Waals surface area contributed by atoms with Crippen LogP contribution in [0.2, 0.25) is 0 Å². The Morgan fingerprint density at radius 1 is 1.21 bits per heavy atom. The summed E-state index contributed by atoms with van der Waals surface area (Å²) in [6.45, 7) is 2.10. The van der Waals surface area contributed by atoms with Crippen LogP contribution < -0.4 is 5.43 Å². The summed E-state index contributed by atoms with van der Waals surface area (Å²) in [6, 6.07) is 9.13. The van der Waals surface area contributed by atoms with Gasteiger partial charge >= 0.3 is 5.97 Å². The summed E-state index contributed by atoms with van der Waals surface area (Å²) in [5.74, 6) is -0.362. The minimum Gasteiger partial charge on any atom is -0.462 e. The van der Waals surface area contributed by atoms with Gasteiger partial charge < -0.3 is 4.74 Å². The summed E-state index contributed by atoms with van der Waals surface area (Å²) in [4.78, 5) is 24.5. The number of carbonyl (C=O) groups excluding carboxylic acids is 1. The Bertz CT molecular complexity index is 829. The lowest BCUT2D eigenvalue weighted by Gasteiger charge is -1.95. The maximum atomic E-state index is 12.3. The first kappa shape index (κ1) is 12.3. The lowest BCUT2D eigenvalue weighted by Crippen LogP contribution is -2.02. The molecule has 3 nitrogen and oxygen atoms in total. The molecule has 0 amide bonds. The molecule has 0 fully saturated rings. The number of carbonyl (C=O) groups is 1. The first-order valence-corrected chi connectivity index (χ1v) is 7.46. The van der Waals surface area contributed by atoms with E-state index in [9.17, 15) is 9.59 Å². The van der Waals surface area contributed by atoms with Crippen LogP contribution in [-0.4, -0.2) is 12.6 Å². The summed E-state index contributed by atoms with van der Waals surface area (Å²) >= 11 is 2.85. The Labute approximate surface area is 117 Å². The van der Waals surface area contributed by atoms with Crippen LogP contribution in [0.1, 0.15) is 16.6 Å². The van der Waals surface area contributed by atoms with Gasteiger partial charge in [-0.3, -0.25) is 4.79 Å². The molecule has 0 aliphatic carbocycles. The molecule has 0 saturated carbocycles. The van der Waals surface area contributed by atoms with Crippen molar-refractivity contribution in [1.29, 1.82) is 0 Å². The molecule has 3 rings (SSSR count). The highest BCUT2D eigenvalue weighted by Gasteiger charge is 2.14. The Morgan fingerprint density at radius 2 is 2.00 bits per heavy atom. The second-order valence-corrected chi connectivity index (χ2v) is 6.32. The summed E-state index contributed by atoms with van der Waals surface area (Å²) in [7, 11) is 0. The summed E-state index contributed by atoms with van der Waals surface area (Å²) in [6.07, 6.45) is 0. The molecule has 0 radical (unpaired) electrons. The van der Waals surface area contributed by atoms with Crippen molar-refractivity contribution in [2.75, 3.05) is 6.61 Å². The highest BCUT2D eigenvalue weighted by molar-refractivity contribution is 7.41. The van der Waals surface area contributed by atoms with Gasteiger partial charge in [-0.25, -0.2) is 4.79 Å². The monoisotopic (exact) mass is 290 g/mol. The predicted octanol–water partition coefficient (Wildman–Crippen LogP) is 3.65. The van der Waals surface area contributed by atoms with Gasteiger partial charge in [-0.2, -0.15) is 0 Å². The molecule has 0 unspecified atom stereocenters. The van der Waals surface area contributed by atoms with Crippen LogP contribution in [0.4, 0.5) is 0 Å². The fraction of sp³-hybridized carbons (Fsp3) is 0.143. The minimum absolute atomic E-state index is 0.0175. The molecular formula is C14H10O3S2. The van der Waals surface area contributed by atoms with Gasteiger partial charge in [0.1, 0.15) is 4.88 Å². The molecule has 3 aromatic rings. The smallest absolute Gasteiger partial charge is 0.348 e. The standard InChI is InChI=1S/C14H10O3S2/c1-2-17-13(16)11-7-9-12(15)8-5-3-4-6-10(8)18-14(9)19-11/h3-7H,2H2,1H3. The third-order valence-corrected chi connectivity index (χ3v) is 5.14. The zero-order valence-electron chi connectivity index (χ0n) is 10.1. The van der Waals surface area contributed by atoms with Gasteiger partial charge in [0.15, 0.2) is 5.43 Å². The van der Waals surface area contributed by atoms with E-state index in [-0.39, 0.29) is 11.4 Å². The van der Waals surface area contributed by atoms with Crippen LogP contribution >= 0.6 is 22.7 Å². The topological polar surface area (TPSA) is 43.4 Å². The van der Waals surface area contributed by atoms with Gasteiger partial charge in [0.2, 0.25) is 0 Å². The van der Waals surface area contributed by atoms with E-state index in [1.165, 1.54) is 22.7 Å². The summed E-state index contributed by atoms with van der Waals surface area (Å²) in [5.41, 5.74) is -0.0175. The number of thiophene rings is 1. The number of hydrogen-bond acceptors (Lipinski definition) is 5. The molecule has 0 bridgehead atoms. The van der Waals surface area contributed by atoms with Crippen molar-refractivity contribution in [1.82, 2.24) is 0 Å². The van der Waals surface area contributed by atoms with Crippen LogP contribution in [0.25, 0.3) is 19.5 Å². The van der Waals surface area contributed by atoms with Gasteiger partial charge in [-0.05, 0) is 25.1 Å². The third kappa shape index (κ3) is 2.05. The molecule has 2 aromatic heterocycles. The van der Waals surface area contributed by atoms with Gasteiger partial charge in [0, 0.05) is 10.1 Å². The van der Waals surface area contributed by atoms with Crippen LogP contribution in [0.15, 0.2) is 35.1 Å². The molecule has 0 atom stereocenters. The van der Waals surface area contributed by atoms with Gasteiger partial charge in [0.25, 0.3) is 0 Å². The SMILES string of the molecule is CCOC(=O)c1cc2c(=O)c3ccccc3sc2s1. The average molecular weight is 290 g/mol. The third-order valence-electron chi connectivity index (χ3n) is 2.75. The van der Waals surface area contributed by atoms with E-state index < -0.39 is 0 Å². The van der Waals surface area contributed by atoms with Crippen molar-refractivity contribution in [2.45, 2.75) is 6.92 Å². The largest absolute Gasteiger partial charge is 0.462 e. The molecule has 0 aliphatic rings. The Kier molecular flexibility index (Phi) is 3.08. The van der Waals surface area contributed by atoms with Crippen molar-refractivity contribution in [2.24, 2.45) is 0 Å². The molecular weight excluding hydrogens is 280 g/mol. The molecule has 19 heavy (non-hydrogen) atoms. The summed E-state index contributed by atoms with van der Waals surface area (Å²) < 4.78 is 6.78. The zero-order chi connectivity index (χ0) is 13.4. The molecule has 0 aliphatic heterocycles. The van der Waals surface area contributed by atoms with E-state index in [1.54, 1.807) is 13.0 Å². The quantitative estimate of drug-likeness (QED) is 0.677. The summed E-state index contributed by atoms with van der Waals surface area (Å²) in [5, 5.41) is 1.31. The molecule has 5 heteroatoms. The van der Waals surface area contributed by atoms with E-state index in [1.807, 2.05) is 24.3 Å². The lowest BCUT2D eigenvalue weighted by atomic mass is 10.2. The molecule has 0 N–H and O–H groups in total. The van der Waals surface area contributed by atoms with Crippen LogP contribution in [0, 0.1) is 0 Å². The van der Waals surface area contributed by atoms with E-state index in [4.69, 9.17) is 4.74 Å². The number of fused-ring (bicyclic) bond motifs is 2. The van der Waals surface area contributed by atoms with E-state index >= 15 is 0 Å². The van der Waals surface area contributed by atoms with E-state index in [2.05, 4.69) is 0 Å². The minimum atomic E-state index is -0.362. The average Bonchev–Trinajstić information content (AvgIpc) is 2.84. The highest BCUT2D eigenvalue weighted by atomic mass is 32.2. The second kappa shape index (κ2) is 4.75. The van der Waals surface area contributed by atoms with Crippen LogP contribution in [0.5, 0.6) is 0 Å². The maximum absolute atomic E-state index is 12.3. The van der Waals surface area contributed by atoms with Crippen LogP contribution in [-0.2, 0) is 4.74 Å². The molecule has 0 spiro atoms. The Hall–Kier alpha value is -1.72. The van der Waals surface area contributed by atoms with Gasteiger partial charge in [-0.15, -0.1) is 22.7 Å². The first-order chi connectivity index (χ1) is 9.20. The maximum Gasteiger partial charge on any atom is 0.348 e.